The van der Waals surface area contributed by atoms with Crippen molar-refractivity contribution in [1.82, 2.24) is 10.1 Å². The molecule has 0 N–H and O–H groups in total. The first-order valence-electron chi connectivity index (χ1n) is 11.8. The summed E-state index contributed by atoms with van der Waals surface area (Å²) in [7, 11) is 1.61. The number of ether oxygens (including phenoxy) is 2. The van der Waals surface area contributed by atoms with E-state index in [0.29, 0.717) is 37.0 Å². The van der Waals surface area contributed by atoms with Crippen LogP contribution in [0.25, 0.3) is 11.3 Å². The van der Waals surface area contributed by atoms with Crippen molar-refractivity contribution < 1.29 is 18.8 Å². The van der Waals surface area contributed by atoms with Gasteiger partial charge in [0.1, 0.15) is 11.4 Å². The SMILES string of the molecule is CCC(C)N(Cc1c(-c2cccc(C)c2)noc1N1CCOCC1)C(=O)c1cccc(OC)c1. The number of rotatable bonds is 8. The van der Waals surface area contributed by atoms with E-state index in [0.717, 1.165) is 41.9 Å². The highest BCUT2D eigenvalue weighted by Gasteiger charge is 2.29. The van der Waals surface area contributed by atoms with Gasteiger partial charge in [0.2, 0.25) is 5.88 Å². The van der Waals surface area contributed by atoms with E-state index in [1.54, 1.807) is 13.2 Å². The summed E-state index contributed by atoms with van der Waals surface area (Å²) in [6, 6.07) is 15.5. The third-order valence-corrected chi connectivity index (χ3v) is 6.39. The Kier molecular flexibility index (Phi) is 7.53. The van der Waals surface area contributed by atoms with Crippen LogP contribution >= 0.6 is 0 Å². The van der Waals surface area contributed by atoms with Gasteiger partial charge in [0.25, 0.3) is 5.91 Å². The summed E-state index contributed by atoms with van der Waals surface area (Å²) in [6.45, 7) is 9.34. The average Bonchev–Trinajstić information content (AvgIpc) is 3.30. The quantitative estimate of drug-likeness (QED) is 0.472. The number of morpholine rings is 1. The molecule has 0 bridgehead atoms. The second-order valence-electron chi connectivity index (χ2n) is 8.71. The predicted octanol–water partition coefficient (Wildman–Crippen LogP) is 4.94. The molecule has 2 aromatic carbocycles. The zero-order valence-corrected chi connectivity index (χ0v) is 20.4. The predicted molar refractivity (Wildman–Crippen MR) is 132 cm³/mol. The minimum Gasteiger partial charge on any atom is -0.497 e. The monoisotopic (exact) mass is 463 g/mol. The Bertz CT molecular complexity index is 1120. The molecule has 0 spiro atoms. The van der Waals surface area contributed by atoms with Gasteiger partial charge in [-0.05, 0) is 44.5 Å². The molecule has 2 heterocycles. The molecular formula is C27H33N3O4. The zero-order chi connectivity index (χ0) is 24.1. The Labute approximate surface area is 201 Å². The van der Waals surface area contributed by atoms with E-state index in [4.69, 9.17) is 14.0 Å². The molecule has 1 aliphatic heterocycles. The molecule has 0 aliphatic carbocycles. The molecule has 1 saturated heterocycles. The fourth-order valence-corrected chi connectivity index (χ4v) is 4.22. The summed E-state index contributed by atoms with van der Waals surface area (Å²) in [6.07, 6.45) is 0.827. The van der Waals surface area contributed by atoms with Crippen molar-refractivity contribution in [2.24, 2.45) is 0 Å². The first-order chi connectivity index (χ1) is 16.5. The molecule has 4 rings (SSSR count). The number of amides is 1. The third-order valence-electron chi connectivity index (χ3n) is 6.39. The van der Waals surface area contributed by atoms with Gasteiger partial charge in [-0.15, -0.1) is 0 Å². The Hall–Kier alpha value is -3.32. The number of aromatic nitrogens is 1. The van der Waals surface area contributed by atoms with Gasteiger partial charge < -0.3 is 23.8 Å². The molecule has 1 fully saturated rings. The summed E-state index contributed by atoms with van der Waals surface area (Å²) < 4.78 is 16.8. The Morgan fingerprint density at radius 3 is 2.65 bits per heavy atom. The number of carbonyl (C=O) groups excluding carboxylic acids is 1. The number of benzene rings is 2. The van der Waals surface area contributed by atoms with Crippen molar-refractivity contribution in [2.75, 3.05) is 38.3 Å². The number of methoxy groups -OCH3 is 1. The molecule has 34 heavy (non-hydrogen) atoms. The Balaban J connectivity index is 1.76. The molecule has 180 valence electrons. The molecule has 1 unspecified atom stereocenters. The van der Waals surface area contributed by atoms with Crippen LogP contribution in [0.5, 0.6) is 5.75 Å². The van der Waals surface area contributed by atoms with E-state index in [-0.39, 0.29) is 11.9 Å². The van der Waals surface area contributed by atoms with Gasteiger partial charge in [-0.1, -0.05) is 41.9 Å². The maximum absolute atomic E-state index is 13.7. The number of hydrogen-bond donors (Lipinski definition) is 0. The van der Waals surface area contributed by atoms with Gasteiger partial charge in [0, 0.05) is 30.3 Å². The van der Waals surface area contributed by atoms with Crippen molar-refractivity contribution in [3.63, 3.8) is 0 Å². The van der Waals surface area contributed by atoms with Crippen LogP contribution < -0.4 is 9.64 Å². The summed E-state index contributed by atoms with van der Waals surface area (Å²) >= 11 is 0. The van der Waals surface area contributed by atoms with Crippen LogP contribution in [-0.2, 0) is 11.3 Å². The lowest BCUT2D eigenvalue weighted by molar-refractivity contribution is 0.0671. The minimum atomic E-state index is -0.0439. The number of nitrogens with zero attached hydrogens (tertiary/aromatic N) is 3. The summed E-state index contributed by atoms with van der Waals surface area (Å²) in [5.41, 5.74) is 4.42. The lowest BCUT2D eigenvalue weighted by Crippen LogP contribution is -2.39. The van der Waals surface area contributed by atoms with E-state index >= 15 is 0 Å². The molecule has 7 heteroatoms. The highest BCUT2D eigenvalue weighted by atomic mass is 16.5. The molecule has 7 nitrogen and oxygen atoms in total. The average molecular weight is 464 g/mol. The van der Waals surface area contributed by atoms with Gasteiger partial charge in [0.05, 0.1) is 32.4 Å². The van der Waals surface area contributed by atoms with E-state index in [1.165, 1.54) is 0 Å². The Morgan fingerprint density at radius 2 is 1.94 bits per heavy atom. The van der Waals surface area contributed by atoms with Crippen molar-refractivity contribution in [3.05, 3.63) is 65.2 Å². The van der Waals surface area contributed by atoms with Gasteiger partial charge in [-0.25, -0.2) is 0 Å². The van der Waals surface area contributed by atoms with Gasteiger partial charge in [-0.3, -0.25) is 4.79 Å². The highest BCUT2D eigenvalue weighted by Crippen LogP contribution is 2.34. The van der Waals surface area contributed by atoms with Crippen LogP contribution in [-0.4, -0.2) is 55.4 Å². The molecule has 1 amide bonds. The minimum absolute atomic E-state index is 0.0245. The topological polar surface area (TPSA) is 68.0 Å². The molecule has 0 saturated carbocycles. The van der Waals surface area contributed by atoms with Crippen molar-refractivity contribution in [3.8, 4) is 17.0 Å². The molecule has 1 aromatic heterocycles. The molecule has 3 aromatic rings. The van der Waals surface area contributed by atoms with Crippen LogP contribution in [0.2, 0.25) is 0 Å². The molecule has 1 aliphatic rings. The van der Waals surface area contributed by atoms with Crippen molar-refractivity contribution in [2.45, 2.75) is 39.8 Å². The highest BCUT2D eigenvalue weighted by molar-refractivity contribution is 5.95. The lowest BCUT2D eigenvalue weighted by atomic mass is 10.0. The maximum Gasteiger partial charge on any atom is 0.254 e. The van der Waals surface area contributed by atoms with E-state index < -0.39 is 0 Å². The number of anilines is 1. The fourth-order valence-electron chi connectivity index (χ4n) is 4.22. The first kappa shape index (κ1) is 23.8. The summed E-state index contributed by atoms with van der Waals surface area (Å²) in [5, 5.41) is 4.48. The third kappa shape index (κ3) is 5.09. The maximum atomic E-state index is 13.7. The van der Waals surface area contributed by atoms with Gasteiger partial charge in [0.15, 0.2) is 0 Å². The van der Waals surface area contributed by atoms with Crippen LogP contribution in [0.15, 0.2) is 53.1 Å². The molecular weight excluding hydrogens is 430 g/mol. The normalized spacial score (nSPS) is 14.6. The second kappa shape index (κ2) is 10.7. The number of hydrogen-bond acceptors (Lipinski definition) is 6. The summed E-state index contributed by atoms with van der Waals surface area (Å²) in [5.74, 6) is 1.33. The second-order valence-corrected chi connectivity index (χ2v) is 8.71. The van der Waals surface area contributed by atoms with Crippen LogP contribution in [0.3, 0.4) is 0 Å². The number of aryl methyl sites for hydroxylation is 1. The smallest absolute Gasteiger partial charge is 0.254 e. The molecule has 1 atom stereocenters. The van der Waals surface area contributed by atoms with Crippen LogP contribution in [0.1, 0.15) is 41.8 Å². The largest absolute Gasteiger partial charge is 0.497 e. The van der Waals surface area contributed by atoms with Crippen LogP contribution in [0.4, 0.5) is 5.88 Å². The van der Waals surface area contributed by atoms with Gasteiger partial charge >= 0.3 is 0 Å². The van der Waals surface area contributed by atoms with Crippen LogP contribution in [0, 0.1) is 6.92 Å². The zero-order valence-electron chi connectivity index (χ0n) is 20.4. The first-order valence-corrected chi connectivity index (χ1v) is 11.8. The lowest BCUT2D eigenvalue weighted by Gasteiger charge is -2.31. The van der Waals surface area contributed by atoms with E-state index in [9.17, 15) is 4.79 Å². The molecule has 0 radical (unpaired) electrons. The van der Waals surface area contributed by atoms with Crippen molar-refractivity contribution in [1.29, 1.82) is 0 Å². The van der Waals surface area contributed by atoms with E-state index in [1.807, 2.05) is 35.2 Å². The van der Waals surface area contributed by atoms with Gasteiger partial charge in [-0.2, -0.15) is 0 Å². The summed E-state index contributed by atoms with van der Waals surface area (Å²) in [4.78, 5) is 17.8. The van der Waals surface area contributed by atoms with Crippen molar-refractivity contribution >= 4 is 11.8 Å². The standard InChI is InChI=1S/C27H33N3O4/c1-5-20(3)30(26(31)22-10-7-11-23(17-22)32-4)18-24-25(21-9-6-8-19(2)16-21)28-34-27(24)29-12-14-33-15-13-29/h6-11,16-17,20H,5,12-15,18H2,1-4H3. The fraction of sp³-hybridized carbons (Fsp3) is 0.407. The Morgan fingerprint density at radius 1 is 1.18 bits per heavy atom. The van der Waals surface area contributed by atoms with E-state index in [2.05, 4.69) is 43.0 Å². The number of carbonyl (C=O) groups is 1.